The van der Waals surface area contributed by atoms with Crippen molar-refractivity contribution in [3.05, 3.63) is 42.1 Å². The third-order valence-electron chi connectivity index (χ3n) is 8.55. The van der Waals surface area contributed by atoms with Gasteiger partial charge in [0.25, 0.3) is 0 Å². The zero-order valence-corrected chi connectivity index (χ0v) is 26.6. The highest BCUT2D eigenvalue weighted by atomic mass is 16.5. The number of pyridine rings is 1. The van der Waals surface area contributed by atoms with Gasteiger partial charge in [0.2, 0.25) is 0 Å². The summed E-state index contributed by atoms with van der Waals surface area (Å²) in [5.74, 6) is 0. The van der Waals surface area contributed by atoms with Crippen LogP contribution in [0, 0.1) is 0 Å². The van der Waals surface area contributed by atoms with Gasteiger partial charge >= 0.3 is 0 Å². The summed E-state index contributed by atoms with van der Waals surface area (Å²) in [7, 11) is 0. The van der Waals surface area contributed by atoms with Gasteiger partial charge in [-0.15, -0.1) is 0 Å². The Bertz CT molecular complexity index is 803. The Balaban J connectivity index is 1.20. The van der Waals surface area contributed by atoms with E-state index in [-0.39, 0.29) is 0 Å². The van der Waals surface area contributed by atoms with Crippen LogP contribution < -0.4 is 0 Å². The van der Waals surface area contributed by atoms with Gasteiger partial charge in [-0.05, 0) is 18.6 Å². The van der Waals surface area contributed by atoms with Crippen molar-refractivity contribution < 1.29 is 4.74 Å². The SMILES string of the molecule is CCCCCCCCCCCCCCCCCCCCCCCCCCCCOCc1ccc2ccccc2n1. The Morgan fingerprint density at radius 1 is 0.450 bits per heavy atom. The van der Waals surface area contributed by atoms with Crippen LogP contribution in [0.3, 0.4) is 0 Å². The molecule has 0 radical (unpaired) electrons. The van der Waals surface area contributed by atoms with Crippen LogP contribution in [-0.2, 0) is 11.3 Å². The molecule has 0 spiro atoms. The van der Waals surface area contributed by atoms with Crippen LogP contribution in [0.15, 0.2) is 36.4 Å². The Morgan fingerprint density at radius 3 is 1.30 bits per heavy atom. The standard InChI is InChI=1S/C38H65NO/c1-2-3-4-5-6-7-8-9-10-11-12-13-14-15-16-17-18-19-20-21-22-23-24-25-26-29-34-40-35-37-33-32-36-30-27-28-31-38(36)39-37/h27-28,30-33H,2-26,29,34-35H2,1H3. The predicted octanol–water partition coefficient (Wildman–Crippen LogP) is 12.9. The molecule has 40 heavy (non-hydrogen) atoms. The lowest BCUT2D eigenvalue weighted by atomic mass is 10.0. The van der Waals surface area contributed by atoms with Gasteiger partial charge in [-0.1, -0.05) is 192 Å². The summed E-state index contributed by atoms with van der Waals surface area (Å²) >= 11 is 0. The number of aromatic nitrogens is 1. The van der Waals surface area contributed by atoms with Crippen molar-refractivity contribution in [1.82, 2.24) is 4.98 Å². The van der Waals surface area contributed by atoms with E-state index >= 15 is 0 Å². The average molecular weight is 552 g/mol. The smallest absolute Gasteiger partial charge is 0.0888 e. The second kappa shape index (κ2) is 26.5. The predicted molar refractivity (Wildman–Crippen MR) is 177 cm³/mol. The van der Waals surface area contributed by atoms with E-state index in [1.807, 2.05) is 6.07 Å². The minimum absolute atomic E-state index is 0.629. The maximum atomic E-state index is 5.86. The minimum Gasteiger partial charge on any atom is -0.375 e. The summed E-state index contributed by atoms with van der Waals surface area (Å²) in [6.07, 6.45) is 37.4. The number of fused-ring (bicyclic) bond motifs is 1. The van der Waals surface area contributed by atoms with Gasteiger partial charge in [0.1, 0.15) is 0 Å². The average Bonchev–Trinajstić information content (AvgIpc) is 2.98. The Morgan fingerprint density at radius 2 is 0.850 bits per heavy atom. The summed E-state index contributed by atoms with van der Waals surface area (Å²) in [6, 6.07) is 12.5. The number of hydrogen-bond donors (Lipinski definition) is 0. The molecule has 2 rings (SSSR count). The number of rotatable bonds is 29. The van der Waals surface area contributed by atoms with Crippen molar-refractivity contribution in [3.8, 4) is 0 Å². The summed E-state index contributed by atoms with van der Waals surface area (Å²) in [5, 5.41) is 1.20. The first-order valence-corrected chi connectivity index (χ1v) is 17.8. The van der Waals surface area contributed by atoms with Crippen LogP contribution in [0.4, 0.5) is 0 Å². The third-order valence-corrected chi connectivity index (χ3v) is 8.55. The van der Waals surface area contributed by atoms with Gasteiger partial charge in [0, 0.05) is 12.0 Å². The van der Waals surface area contributed by atoms with E-state index in [1.165, 1.54) is 172 Å². The molecule has 0 aliphatic rings. The molecule has 0 amide bonds. The fraction of sp³-hybridized carbons (Fsp3) is 0.763. The van der Waals surface area contributed by atoms with Crippen molar-refractivity contribution >= 4 is 10.9 Å². The van der Waals surface area contributed by atoms with Gasteiger partial charge in [0.05, 0.1) is 17.8 Å². The molecule has 1 aromatic carbocycles. The first-order valence-electron chi connectivity index (χ1n) is 17.8. The second-order valence-corrected chi connectivity index (χ2v) is 12.4. The van der Waals surface area contributed by atoms with Gasteiger partial charge in [-0.3, -0.25) is 4.98 Å². The van der Waals surface area contributed by atoms with Gasteiger partial charge in [-0.2, -0.15) is 0 Å². The lowest BCUT2D eigenvalue weighted by Gasteiger charge is -2.06. The number of unbranched alkanes of at least 4 members (excludes halogenated alkanes) is 25. The monoisotopic (exact) mass is 552 g/mol. The molecular weight excluding hydrogens is 486 g/mol. The molecule has 1 aromatic heterocycles. The van der Waals surface area contributed by atoms with Crippen LogP contribution in [0.5, 0.6) is 0 Å². The van der Waals surface area contributed by atoms with E-state index in [9.17, 15) is 0 Å². The first-order chi connectivity index (χ1) is 19.9. The van der Waals surface area contributed by atoms with Crippen LogP contribution in [-0.4, -0.2) is 11.6 Å². The van der Waals surface area contributed by atoms with Crippen LogP contribution in [0.1, 0.15) is 180 Å². The molecule has 228 valence electrons. The number of nitrogens with zero attached hydrogens (tertiary/aromatic N) is 1. The minimum atomic E-state index is 0.629. The molecule has 1 heterocycles. The highest BCUT2D eigenvalue weighted by Crippen LogP contribution is 2.16. The van der Waals surface area contributed by atoms with Gasteiger partial charge < -0.3 is 4.74 Å². The Hall–Kier alpha value is -1.41. The zero-order valence-electron chi connectivity index (χ0n) is 26.6. The van der Waals surface area contributed by atoms with Crippen LogP contribution in [0.25, 0.3) is 10.9 Å². The maximum absolute atomic E-state index is 5.86. The van der Waals surface area contributed by atoms with E-state index in [0.29, 0.717) is 6.61 Å². The molecule has 0 unspecified atom stereocenters. The van der Waals surface area contributed by atoms with Crippen molar-refractivity contribution in [1.29, 1.82) is 0 Å². The number of benzene rings is 1. The lowest BCUT2D eigenvalue weighted by molar-refractivity contribution is 0.114. The molecule has 2 heteroatoms. The molecule has 2 aromatic rings. The fourth-order valence-corrected chi connectivity index (χ4v) is 5.89. The van der Waals surface area contributed by atoms with Crippen molar-refractivity contribution in [2.45, 2.75) is 180 Å². The highest BCUT2D eigenvalue weighted by molar-refractivity contribution is 5.78. The number of ether oxygens (including phenoxy) is 1. The highest BCUT2D eigenvalue weighted by Gasteiger charge is 1.99. The molecule has 0 saturated heterocycles. The zero-order chi connectivity index (χ0) is 28.2. The van der Waals surface area contributed by atoms with Crippen molar-refractivity contribution in [3.63, 3.8) is 0 Å². The fourth-order valence-electron chi connectivity index (χ4n) is 5.89. The molecule has 2 nitrogen and oxygen atoms in total. The Labute approximate surface area is 249 Å². The van der Waals surface area contributed by atoms with E-state index < -0.39 is 0 Å². The van der Waals surface area contributed by atoms with E-state index in [4.69, 9.17) is 4.74 Å². The molecule has 0 N–H and O–H groups in total. The first kappa shape index (κ1) is 34.8. The van der Waals surface area contributed by atoms with E-state index in [2.05, 4.69) is 42.2 Å². The lowest BCUT2D eigenvalue weighted by Crippen LogP contribution is -1.98. The van der Waals surface area contributed by atoms with Crippen LogP contribution in [0.2, 0.25) is 0 Å². The van der Waals surface area contributed by atoms with Gasteiger partial charge in [0.15, 0.2) is 0 Å². The summed E-state index contributed by atoms with van der Waals surface area (Å²) in [5.41, 5.74) is 2.09. The summed E-state index contributed by atoms with van der Waals surface area (Å²) in [4.78, 5) is 4.69. The Kier molecular flexibility index (Phi) is 23.0. The number of hydrogen-bond acceptors (Lipinski definition) is 2. The van der Waals surface area contributed by atoms with Gasteiger partial charge in [-0.25, -0.2) is 0 Å². The summed E-state index contributed by atoms with van der Waals surface area (Å²) < 4.78 is 5.86. The molecule has 0 atom stereocenters. The van der Waals surface area contributed by atoms with E-state index in [0.717, 1.165) is 17.8 Å². The third kappa shape index (κ3) is 19.6. The molecular formula is C38H65NO. The maximum Gasteiger partial charge on any atom is 0.0888 e. The van der Waals surface area contributed by atoms with Crippen LogP contribution >= 0.6 is 0 Å². The van der Waals surface area contributed by atoms with E-state index in [1.54, 1.807) is 0 Å². The molecule has 0 fully saturated rings. The topological polar surface area (TPSA) is 22.1 Å². The molecule has 0 aliphatic heterocycles. The quantitative estimate of drug-likeness (QED) is 0.0938. The largest absolute Gasteiger partial charge is 0.375 e. The molecule has 0 aliphatic carbocycles. The van der Waals surface area contributed by atoms with Crippen molar-refractivity contribution in [2.75, 3.05) is 6.61 Å². The molecule has 0 saturated carbocycles. The normalized spacial score (nSPS) is 11.5. The summed E-state index contributed by atoms with van der Waals surface area (Å²) in [6.45, 7) is 3.79. The van der Waals surface area contributed by atoms with Crippen molar-refractivity contribution in [2.24, 2.45) is 0 Å². The molecule has 0 bridgehead atoms. The number of para-hydroxylation sites is 1. The second-order valence-electron chi connectivity index (χ2n) is 12.4.